The molecule has 0 bridgehead atoms. The normalized spacial score (nSPS) is 16.8. The first-order valence-electron chi connectivity index (χ1n) is 10.3. The summed E-state index contributed by atoms with van der Waals surface area (Å²) in [6.07, 6.45) is 2.02. The van der Waals surface area contributed by atoms with Crippen molar-refractivity contribution in [1.29, 1.82) is 0 Å². The number of rotatable bonds is 8. The highest BCUT2D eigenvalue weighted by molar-refractivity contribution is 7.99. The topological polar surface area (TPSA) is 57.1 Å². The van der Waals surface area contributed by atoms with E-state index >= 15 is 0 Å². The van der Waals surface area contributed by atoms with Gasteiger partial charge in [0.2, 0.25) is 0 Å². The van der Waals surface area contributed by atoms with E-state index in [-0.39, 0.29) is 5.75 Å². The Morgan fingerprint density at radius 1 is 1.28 bits per heavy atom. The molecule has 1 aliphatic rings. The number of aliphatic imine (C=N–C) groups is 1. The number of likely N-dealkylation sites (tertiary alicyclic amines) is 1. The zero-order valence-corrected chi connectivity index (χ0v) is 18.1. The number of ether oxygens (including phenoxy) is 1. The van der Waals surface area contributed by atoms with Crippen LogP contribution in [0.4, 0.5) is 0 Å². The number of hydrogen-bond donors (Lipinski definition) is 2. The summed E-state index contributed by atoms with van der Waals surface area (Å²) in [7, 11) is 1.57. The Morgan fingerprint density at radius 2 is 2.10 bits per heavy atom. The van der Waals surface area contributed by atoms with Crippen LogP contribution in [0.5, 0.6) is 11.5 Å². The van der Waals surface area contributed by atoms with Gasteiger partial charge >= 0.3 is 0 Å². The van der Waals surface area contributed by atoms with Gasteiger partial charge < -0.3 is 20.1 Å². The molecule has 1 saturated heterocycles. The molecule has 0 spiro atoms. The van der Waals surface area contributed by atoms with Crippen LogP contribution in [0.25, 0.3) is 0 Å². The summed E-state index contributed by atoms with van der Waals surface area (Å²) in [5.41, 5.74) is 1.11. The second kappa shape index (κ2) is 11.0. The number of phenolic OH excluding ortho intramolecular Hbond substituents is 1. The molecule has 6 heteroatoms. The highest BCUT2D eigenvalue weighted by Gasteiger charge is 2.24. The Kier molecular flexibility index (Phi) is 8.11. The lowest BCUT2D eigenvalue weighted by Crippen LogP contribution is -2.40. The van der Waals surface area contributed by atoms with Crippen LogP contribution in [0, 0.1) is 5.92 Å². The number of nitrogens with zero attached hydrogens (tertiary/aromatic N) is 2. The lowest BCUT2D eigenvalue weighted by Gasteiger charge is -2.21. The van der Waals surface area contributed by atoms with Crippen molar-refractivity contribution in [3.05, 3.63) is 54.1 Å². The van der Waals surface area contributed by atoms with E-state index in [1.54, 1.807) is 13.2 Å². The van der Waals surface area contributed by atoms with E-state index in [9.17, 15) is 5.11 Å². The molecule has 1 unspecified atom stereocenters. The molecule has 5 nitrogen and oxygen atoms in total. The summed E-state index contributed by atoms with van der Waals surface area (Å²) < 4.78 is 5.19. The van der Waals surface area contributed by atoms with E-state index in [0.717, 1.165) is 43.3 Å². The average molecular weight is 414 g/mol. The number of phenols is 1. The Balaban J connectivity index is 1.52. The molecule has 0 amide bonds. The van der Waals surface area contributed by atoms with Gasteiger partial charge in [-0.05, 0) is 55.5 Å². The van der Waals surface area contributed by atoms with Crippen LogP contribution in [0.2, 0.25) is 0 Å². The SMILES string of the molecule is CCNC(=NCCc1ccc(O)c(OC)c1)N1CCC(CSc2ccccc2)C1. The predicted molar refractivity (Wildman–Crippen MR) is 121 cm³/mol. The number of hydrogen-bond acceptors (Lipinski definition) is 4. The minimum Gasteiger partial charge on any atom is -0.504 e. The van der Waals surface area contributed by atoms with Crippen molar-refractivity contribution in [3.63, 3.8) is 0 Å². The van der Waals surface area contributed by atoms with Gasteiger partial charge in [0, 0.05) is 36.8 Å². The molecule has 2 N–H and O–H groups in total. The number of nitrogens with one attached hydrogen (secondary N) is 1. The number of thioether (sulfide) groups is 1. The molecular formula is C23H31N3O2S. The van der Waals surface area contributed by atoms with Crippen molar-refractivity contribution in [2.24, 2.45) is 10.9 Å². The van der Waals surface area contributed by atoms with Crippen molar-refractivity contribution < 1.29 is 9.84 Å². The number of aromatic hydroxyl groups is 1. The van der Waals surface area contributed by atoms with Crippen LogP contribution in [0.3, 0.4) is 0 Å². The van der Waals surface area contributed by atoms with E-state index in [0.29, 0.717) is 18.2 Å². The molecule has 1 aliphatic heterocycles. The van der Waals surface area contributed by atoms with E-state index < -0.39 is 0 Å². The highest BCUT2D eigenvalue weighted by atomic mass is 32.2. The molecule has 29 heavy (non-hydrogen) atoms. The van der Waals surface area contributed by atoms with Gasteiger partial charge in [-0.1, -0.05) is 24.3 Å². The zero-order chi connectivity index (χ0) is 20.5. The maximum atomic E-state index is 9.73. The molecule has 0 aliphatic carbocycles. The molecule has 0 radical (unpaired) electrons. The summed E-state index contributed by atoms with van der Waals surface area (Å²) >= 11 is 1.95. The molecule has 2 aromatic carbocycles. The summed E-state index contributed by atoms with van der Waals surface area (Å²) in [6.45, 7) is 5.79. The van der Waals surface area contributed by atoms with Crippen LogP contribution in [-0.2, 0) is 6.42 Å². The molecule has 0 saturated carbocycles. The molecule has 156 valence electrons. The van der Waals surface area contributed by atoms with Crippen LogP contribution >= 0.6 is 11.8 Å². The molecule has 1 fully saturated rings. The Morgan fingerprint density at radius 3 is 2.86 bits per heavy atom. The van der Waals surface area contributed by atoms with E-state index in [2.05, 4.69) is 47.5 Å². The number of methoxy groups -OCH3 is 1. The van der Waals surface area contributed by atoms with Gasteiger partial charge in [-0.3, -0.25) is 4.99 Å². The van der Waals surface area contributed by atoms with Crippen LogP contribution in [-0.4, -0.2) is 55.0 Å². The monoisotopic (exact) mass is 413 g/mol. The molecular weight excluding hydrogens is 382 g/mol. The lowest BCUT2D eigenvalue weighted by atomic mass is 10.1. The van der Waals surface area contributed by atoms with Gasteiger partial charge in [-0.2, -0.15) is 0 Å². The fraction of sp³-hybridized carbons (Fsp3) is 0.435. The first-order valence-corrected chi connectivity index (χ1v) is 11.2. The maximum Gasteiger partial charge on any atom is 0.193 e. The third-order valence-corrected chi connectivity index (χ3v) is 6.30. The second-order valence-electron chi connectivity index (χ2n) is 7.22. The largest absolute Gasteiger partial charge is 0.504 e. The van der Waals surface area contributed by atoms with Crippen molar-refractivity contribution in [2.45, 2.75) is 24.7 Å². The van der Waals surface area contributed by atoms with E-state index in [1.165, 1.54) is 11.3 Å². The molecule has 2 aromatic rings. The molecule has 3 rings (SSSR count). The van der Waals surface area contributed by atoms with Gasteiger partial charge in [0.25, 0.3) is 0 Å². The quantitative estimate of drug-likeness (QED) is 0.389. The molecule has 1 atom stereocenters. The third kappa shape index (κ3) is 6.32. The summed E-state index contributed by atoms with van der Waals surface area (Å²) in [4.78, 5) is 8.57. The Bertz CT molecular complexity index is 798. The standard InChI is InChI=1S/C23H31N3O2S/c1-3-24-23(25-13-11-18-9-10-21(27)22(15-18)28-2)26-14-12-19(16-26)17-29-20-7-5-4-6-8-20/h4-10,15,19,27H,3,11-14,16-17H2,1-2H3,(H,24,25). The fourth-order valence-electron chi connectivity index (χ4n) is 3.49. The lowest BCUT2D eigenvalue weighted by molar-refractivity contribution is 0.373. The van der Waals surface area contributed by atoms with Gasteiger partial charge in [0.15, 0.2) is 17.5 Å². The van der Waals surface area contributed by atoms with E-state index in [4.69, 9.17) is 9.73 Å². The summed E-state index contributed by atoms with van der Waals surface area (Å²) in [6, 6.07) is 16.1. The minimum atomic E-state index is 0.171. The fourth-order valence-corrected chi connectivity index (χ4v) is 4.54. The van der Waals surface area contributed by atoms with Crippen molar-refractivity contribution >= 4 is 17.7 Å². The Hall–Kier alpha value is -2.34. The Labute approximate surface area is 178 Å². The van der Waals surface area contributed by atoms with Crippen LogP contribution in [0.1, 0.15) is 18.9 Å². The van der Waals surface area contributed by atoms with E-state index in [1.807, 2.05) is 23.9 Å². The second-order valence-corrected chi connectivity index (χ2v) is 8.31. The number of benzene rings is 2. The van der Waals surface area contributed by atoms with Gasteiger partial charge in [0.1, 0.15) is 0 Å². The smallest absolute Gasteiger partial charge is 0.193 e. The molecule has 0 aromatic heterocycles. The first-order chi connectivity index (χ1) is 14.2. The molecule has 1 heterocycles. The average Bonchev–Trinajstić information content (AvgIpc) is 3.22. The maximum absolute atomic E-state index is 9.73. The third-order valence-electron chi connectivity index (χ3n) is 5.06. The highest BCUT2D eigenvalue weighted by Crippen LogP contribution is 2.27. The van der Waals surface area contributed by atoms with Crippen LogP contribution in [0.15, 0.2) is 58.4 Å². The van der Waals surface area contributed by atoms with Crippen molar-refractivity contribution in [3.8, 4) is 11.5 Å². The van der Waals surface area contributed by atoms with Crippen molar-refractivity contribution in [2.75, 3.05) is 39.0 Å². The minimum absolute atomic E-state index is 0.171. The van der Waals surface area contributed by atoms with Gasteiger partial charge in [0.05, 0.1) is 7.11 Å². The van der Waals surface area contributed by atoms with Gasteiger partial charge in [-0.15, -0.1) is 11.8 Å². The summed E-state index contributed by atoms with van der Waals surface area (Å²) in [5.74, 6) is 3.52. The van der Waals surface area contributed by atoms with Crippen molar-refractivity contribution in [1.82, 2.24) is 10.2 Å². The number of guanidine groups is 1. The first kappa shape index (κ1) is 21.4. The summed E-state index contributed by atoms with van der Waals surface area (Å²) in [5, 5.41) is 13.2. The van der Waals surface area contributed by atoms with Gasteiger partial charge in [-0.25, -0.2) is 0 Å². The predicted octanol–water partition coefficient (Wildman–Crippen LogP) is 4.02. The zero-order valence-electron chi connectivity index (χ0n) is 17.3. The van der Waals surface area contributed by atoms with Crippen LogP contribution < -0.4 is 10.1 Å².